The zero-order valence-corrected chi connectivity index (χ0v) is 14.6. The number of nitro groups is 2. The molecule has 0 radical (unpaired) electrons. The lowest BCUT2D eigenvalue weighted by Crippen LogP contribution is -2.18. The first-order chi connectivity index (χ1) is 13.3. The van der Waals surface area contributed by atoms with Crippen molar-refractivity contribution in [2.45, 2.75) is 0 Å². The van der Waals surface area contributed by atoms with Crippen LogP contribution in [0.25, 0.3) is 0 Å². The molecular formula is C16H14N4O8. The summed E-state index contributed by atoms with van der Waals surface area (Å²) >= 11 is 0. The Kier molecular flexibility index (Phi) is 6.06. The van der Waals surface area contributed by atoms with Gasteiger partial charge in [-0.1, -0.05) is 0 Å². The third kappa shape index (κ3) is 4.30. The van der Waals surface area contributed by atoms with Crippen LogP contribution >= 0.6 is 0 Å². The van der Waals surface area contributed by atoms with Gasteiger partial charge in [-0.2, -0.15) is 5.10 Å². The number of hydrazone groups is 1. The van der Waals surface area contributed by atoms with Crippen molar-refractivity contribution in [1.82, 2.24) is 5.43 Å². The van der Waals surface area contributed by atoms with E-state index in [0.29, 0.717) is 0 Å². The third-order valence-corrected chi connectivity index (χ3v) is 3.51. The van der Waals surface area contributed by atoms with E-state index in [9.17, 15) is 30.1 Å². The Morgan fingerprint density at radius 1 is 1.11 bits per heavy atom. The smallest absolute Gasteiger partial charge is 0.315 e. The molecule has 0 aliphatic heterocycles. The van der Waals surface area contributed by atoms with Crippen molar-refractivity contribution in [3.05, 3.63) is 61.7 Å². The van der Waals surface area contributed by atoms with Crippen LogP contribution < -0.4 is 14.9 Å². The Labute approximate surface area is 157 Å². The molecule has 2 aromatic carbocycles. The molecule has 1 amide bonds. The average Bonchev–Trinajstić information content (AvgIpc) is 2.67. The van der Waals surface area contributed by atoms with Crippen LogP contribution in [0, 0.1) is 20.2 Å². The van der Waals surface area contributed by atoms with E-state index in [2.05, 4.69) is 10.5 Å². The predicted octanol–water partition coefficient (Wildman–Crippen LogP) is 1.99. The van der Waals surface area contributed by atoms with Crippen molar-refractivity contribution in [1.29, 1.82) is 0 Å². The number of hydrogen-bond acceptors (Lipinski definition) is 9. The van der Waals surface area contributed by atoms with Gasteiger partial charge in [-0.15, -0.1) is 0 Å². The Morgan fingerprint density at radius 2 is 1.79 bits per heavy atom. The quantitative estimate of drug-likeness (QED) is 0.411. The number of carbonyl (C=O) groups excluding carboxylic acids is 1. The number of carbonyl (C=O) groups is 1. The number of non-ortho nitro benzene ring substituents is 1. The first-order valence-corrected chi connectivity index (χ1v) is 7.49. The maximum absolute atomic E-state index is 12.2. The van der Waals surface area contributed by atoms with Crippen LogP contribution in [0.3, 0.4) is 0 Å². The Morgan fingerprint density at radius 3 is 2.36 bits per heavy atom. The number of amides is 1. The fourth-order valence-electron chi connectivity index (χ4n) is 2.20. The summed E-state index contributed by atoms with van der Waals surface area (Å²) in [5, 5.41) is 35.2. The summed E-state index contributed by atoms with van der Waals surface area (Å²) in [4.78, 5) is 32.6. The summed E-state index contributed by atoms with van der Waals surface area (Å²) in [6.45, 7) is 0. The highest BCUT2D eigenvalue weighted by molar-refractivity contribution is 5.98. The standard InChI is InChI=1S/C16H14N4O8/c1-27-13-4-3-10(19(23)24)7-11(13)16(22)18-17-8-9-5-12(20(25)26)15(21)14(6-9)28-2/h3-8,21H,1-2H3,(H,18,22)/b17-8-. The summed E-state index contributed by atoms with van der Waals surface area (Å²) in [5.74, 6) is -1.49. The summed E-state index contributed by atoms with van der Waals surface area (Å²) < 4.78 is 9.85. The zero-order valence-electron chi connectivity index (χ0n) is 14.6. The molecule has 0 aliphatic carbocycles. The Balaban J connectivity index is 2.27. The van der Waals surface area contributed by atoms with Gasteiger partial charge in [-0.3, -0.25) is 25.0 Å². The molecule has 0 heterocycles. The second-order valence-electron chi connectivity index (χ2n) is 5.19. The van der Waals surface area contributed by atoms with Crippen LogP contribution in [0.2, 0.25) is 0 Å². The highest BCUT2D eigenvalue weighted by Gasteiger charge is 2.20. The predicted molar refractivity (Wildman–Crippen MR) is 96.0 cm³/mol. The molecule has 2 aromatic rings. The molecule has 0 unspecified atom stereocenters. The fraction of sp³-hybridized carbons (Fsp3) is 0.125. The van der Waals surface area contributed by atoms with Gasteiger partial charge in [0.2, 0.25) is 5.75 Å². The van der Waals surface area contributed by atoms with Crippen LogP contribution in [-0.2, 0) is 0 Å². The second kappa shape index (κ2) is 8.44. The van der Waals surface area contributed by atoms with Crippen molar-refractivity contribution in [3.63, 3.8) is 0 Å². The van der Waals surface area contributed by atoms with Gasteiger partial charge in [-0.05, 0) is 12.1 Å². The highest BCUT2D eigenvalue weighted by atomic mass is 16.6. The SMILES string of the molecule is COc1ccc([N+](=O)[O-])cc1C(=O)N/N=C\c1cc(OC)c(O)c([N+](=O)[O-])c1. The monoisotopic (exact) mass is 390 g/mol. The van der Waals surface area contributed by atoms with Crippen LogP contribution in [0.5, 0.6) is 17.2 Å². The number of rotatable bonds is 7. The lowest BCUT2D eigenvalue weighted by atomic mass is 10.1. The maximum Gasteiger partial charge on any atom is 0.315 e. The third-order valence-electron chi connectivity index (χ3n) is 3.51. The number of ether oxygens (including phenoxy) is 2. The lowest BCUT2D eigenvalue weighted by molar-refractivity contribution is -0.386. The number of phenolic OH excluding ortho intramolecular Hbond substituents is 1. The molecule has 28 heavy (non-hydrogen) atoms. The molecule has 0 saturated carbocycles. The number of benzene rings is 2. The van der Waals surface area contributed by atoms with E-state index in [0.717, 1.165) is 18.3 Å². The van der Waals surface area contributed by atoms with E-state index >= 15 is 0 Å². The minimum Gasteiger partial charge on any atom is -0.500 e. The molecule has 0 spiro atoms. The molecule has 0 bridgehead atoms. The molecule has 12 heteroatoms. The molecule has 0 atom stereocenters. The molecule has 0 fully saturated rings. The number of methoxy groups -OCH3 is 2. The summed E-state index contributed by atoms with van der Waals surface area (Å²) in [5.41, 5.74) is 1.27. The first-order valence-electron chi connectivity index (χ1n) is 7.49. The molecular weight excluding hydrogens is 376 g/mol. The van der Waals surface area contributed by atoms with Crippen molar-refractivity contribution >= 4 is 23.5 Å². The van der Waals surface area contributed by atoms with Crippen molar-refractivity contribution in [3.8, 4) is 17.2 Å². The number of nitrogens with zero attached hydrogens (tertiary/aromatic N) is 3. The van der Waals surface area contributed by atoms with E-state index in [-0.39, 0.29) is 28.3 Å². The van der Waals surface area contributed by atoms with Crippen molar-refractivity contribution < 1.29 is 29.2 Å². The Bertz CT molecular complexity index is 973. The maximum atomic E-state index is 12.2. The van der Waals surface area contributed by atoms with Gasteiger partial charge < -0.3 is 14.6 Å². The van der Waals surface area contributed by atoms with E-state index in [1.165, 1.54) is 32.4 Å². The van der Waals surface area contributed by atoms with Gasteiger partial charge in [0.25, 0.3) is 11.6 Å². The summed E-state index contributed by atoms with van der Waals surface area (Å²) in [7, 11) is 2.51. The largest absolute Gasteiger partial charge is 0.500 e. The van der Waals surface area contributed by atoms with Gasteiger partial charge in [0.15, 0.2) is 5.75 Å². The Hall–Kier alpha value is -4.22. The van der Waals surface area contributed by atoms with Crippen molar-refractivity contribution in [2.24, 2.45) is 5.10 Å². The fourth-order valence-corrected chi connectivity index (χ4v) is 2.20. The highest BCUT2D eigenvalue weighted by Crippen LogP contribution is 2.36. The van der Waals surface area contributed by atoms with Gasteiger partial charge in [0.05, 0.1) is 35.8 Å². The molecule has 2 N–H and O–H groups in total. The van der Waals surface area contributed by atoms with Crippen LogP contribution in [0.1, 0.15) is 15.9 Å². The van der Waals surface area contributed by atoms with Gasteiger partial charge in [0, 0.05) is 23.8 Å². The number of hydrogen-bond donors (Lipinski definition) is 2. The molecule has 12 nitrogen and oxygen atoms in total. The van der Waals surface area contributed by atoms with Crippen molar-refractivity contribution in [2.75, 3.05) is 14.2 Å². The van der Waals surface area contributed by atoms with Crippen LogP contribution in [0.15, 0.2) is 35.4 Å². The number of aromatic hydroxyl groups is 1. The van der Waals surface area contributed by atoms with Gasteiger partial charge >= 0.3 is 5.69 Å². The average molecular weight is 390 g/mol. The minimum atomic E-state index is -0.804. The lowest BCUT2D eigenvalue weighted by Gasteiger charge is -2.07. The van der Waals surface area contributed by atoms with Crippen LogP contribution in [0.4, 0.5) is 11.4 Å². The molecule has 0 saturated heterocycles. The van der Waals surface area contributed by atoms with E-state index in [4.69, 9.17) is 9.47 Å². The second-order valence-corrected chi connectivity index (χ2v) is 5.19. The van der Waals surface area contributed by atoms with Gasteiger partial charge in [-0.25, -0.2) is 5.43 Å². The number of phenols is 1. The van der Waals surface area contributed by atoms with E-state index < -0.39 is 27.2 Å². The zero-order chi connectivity index (χ0) is 20.8. The summed E-state index contributed by atoms with van der Waals surface area (Å²) in [6, 6.07) is 5.77. The molecule has 2 rings (SSSR count). The number of nitro benzene ring substituents is 2. The normalized spacial score (nSPS) is 10.5. The molecule has 0 aromatic heterocycles. The van der Waals surface area contributed by atoms with E-state index in [1.54, 1.807) is 0 Å². The minimum absolute atomic E-state index is 0.0974. The first kappa shape index (κ1) is 20.1. The summed E-state index contributed by atoms with van der Waals surface area (Å²) in [6.07, 6.45) is 1.08. The topological polar surface area (TPSA) is 166 Å². The van der Waals surface area contributed by atoms with Crippen LogP contribution in [-0.4, -0.2) is 41.3 Å². The molecule has 0 aliphatic rings. The van der Waals surface area contributed by atoms with Gasteiger partial charge in [0.1, 0.15) is 5.75 Å². The number of nitrogens with one attached hydrogen (secondary N) is 1. The van der Waals surface area contributed by atoms with E-state index in [1.807, 2.05) is 0 Å². The molecule has 146 valence electrons.